The Hall–Kier alpha value is -1.59. The van der Waals surface area contributed by atoms with Crippen molar-refractivity contribution in [3.63, 3.8) is 0 Å². The predicted molar refractivity (Wildman–Crippen MR) is 247 cm³/mol. The number of esters is 3. The monoisotopic (exact) mass is 821 g/mol. The van der Waals surface area contributed by atoms with Gasteiger partial charge in [0, 0.05) is 19.3 Å². The largest absolute Gasteiger partial charge is 0.462 e. The van der Waals surface area contributed by atoms with Gasteiger partial charge >= 0.3 is 17.9 Å². The highest BCUT2D eigenvalue weighted by Gasteiger charge is 2.19. The van der Waals surface area contributed by atoms with Gasteiger partial charge in [0.15, 0.2) is 6.10 Å². The van der Waals surface area contributed by atoms with Crippen molar-refractivity contribution < 1.29 is 28.6 Å². The van der Waals surface area contributed by atoms with E-state index in [4.69, 9.17) is 14.2 Å². The van der Waals surface area contributed by atoms with E-state index in [-0.39, 0.29) is 31.1 Å². The van der Waals surface area contributed by atoms with Gasteiger partial charge in [0.2, 0.25) is 0 Å². The molecule has 0 aromatic rings. The molecule has 6 nitrogen and oxygen atoms in total. The van der Waals surface area contributed by atoms with Crippen LogP contribution in [0.5, 0.6) is 0 Å². The summed E-state index contributed by atoms with van der Waals surface area (Å²) in [5, 5.41) is 0. The molecule has 0 aromatic heterocycles. The lowest BCUT2D eigenvalue weighted by Gasteiger charge is -2.18. The number of carbonyl (C=O) groups excluding carboxylic acids is 3. The van der Waals surface area contributed by atoms with Crippen LogP contribution in [0.15, 0.2) is 0 Å². The molecule has 0 amide bonds. The Morgan fingerprint density at radius 3 is 0.897 bits per heavy atom. The second kappa shape index (κ2) is 46.5. The van der Waals surface area contributed by atoms with E-state index in [0.717, 1.165) is 63.7 Å². The van der Waals surface area contributed by atoms with Crippen LogP contribution >= 0.6 is 0 Å². The normalized spacial score (nSPS) is 12.4. The zero-order valence-corrected chi connectivity index (χ0v) is 39.5. The molecule has 0 heterocycles. The molecule has 0 spiro atoms. The first kappa shape index (κ1) is 56.4. The van der Waals surface area contributed by atoms with Crippen molar-refractivity contribution in [2.24, 2.45) is 5.92 Å². The van der Waals surface area contributed by atoms with E-state index in [1.807, 2.05) is 0 Å². The maximum Gasteiger partial charge on any atom is 0.306 e. The minimum atomic E-state index is -0.760. The Kier molecular flexibility index (Phi) is 45.2. The van der Waals surface area contributed by atoms with Crippen molar-refractivity contribution >= 4 is 17.9 Å². The minimum Gasteiger partial charge on any atom is -0.462 e. The number of hydrogen-bond acceptors (Lipinski definition) is 6. The van der Waals surface area contributed by atoms with Crippen molar-refractivity contribution in [1.29, 1.82) is 0 Å². The molecular formula is C52H100O6. The molecule has 0 fully saturated rings. The zero-order chi connectivity index (χ0) is 42.4. The number of rotatable bonds is 47. The van der Waals surface area contributed by atoms with Crippen molar-refractivity contribution in [2.45, 2.75) is 297 Å². The second-order valence-corrected chi connectivity index (χ2v) is 18.1. The van der Waals surface area contributed by atoms with Crippen molar-refractivity contribution in [2.75, 3.05) is 13.2 Å². The molecule has 344 valence electrons. The SMILES string of the molecule is CCCCCCCCCCCCCCCCC(=O)O[C@@H](COC(=O)CCCCCCCCCCCCCC)COC(=O)CCCCCCCCCCCCC(C)CC. The fraction of sp³-hybridized carbons (Fsp3) is 0.942. The molecule has 0 aliphatic heterocycles. The predicted octanol–water partition coefficient (Wildman–Crippen LogP) is 16.7. The van der Waals surface area contributed by atoms with Gasteiger partial charge in [-0.05, 0) is 25.2 Å². The lowest BCUT2D eigenvalue weighted by molar-refractivity contribution is -0.167. The third kappa shape index (κ3) is 44.0. The highest BCUT2D eigenvalue weighted by Crippen LogP contribution is 2.17. The van der Waals surface area contributed by atoms with E-state index >= 15 is 0 Å². The van der Waals surface area contributed by atoms with E-state index in [1.54, 1.807) is 0 Å². The first-order valence-electron chi connectivity index (χ1n) is 25.9. The summed E-state index contributed by atoms with van der Waals surface area (Å²) in [6, 6.07) is 0. The number of unbranched alkanes of at least 4 members (excludes halogenated alkanes) is 33. The second-order valence-electron chi connectivity index (χ2n) is 18.1. The molecule has 0 radical (unpaired) electrons. The van der Waals surface area contributed by atoms with Crippen LogP contribution in [0.3, 0.4) is 0 Å². The molecule has 0 N–H and O–H groups in total. The molecule has 0 aliphatic carbocycles. The van der Waals surface area contributed by atoms with Crippen LogP contribution in [0.2, 0.25) is 0 Å². The van der Waals surface area contributed by atoms with E-state index in [9.17, 15) is 14.4 Å². The molecule has 0 saturated heterocycles. The van der Waals surface area contributed by atoms with Crippen LogP contribution in [-0.4, -0.2) is 37.2 Å². The van der Waals surface area contributed by atoms with Crippen molar-refractivity contribution in [3.05, 3.63) is 0 Å². The maximum absolute atomic E-state index is 12.8. The van der Waals surface area contributed by atoms with Gasteiger partial charge in [-0.3, -0.25) is 14.4 Å². The Bertz CT molecular complexity index is 874. The van der Waals surface area contributed by atoms with Crippen LogP contribution in [0.25, 0.3) is 0 Å². The van der Waals surface area contributed by atoms with Gasteiger partial charge in [-0.1, -0.05) is 252 Å². The van der Waals surface area contributed by atoms with E-state index in [0.29, 0.717) is 19.3 Å². The summed E-state index contributed by atoms with van der Waals surface area (Å²) >= 11 is 0. The van der Waals surface area contributed by atoms with Crippen LogP contribution < -0.4 is 0 Å². The number of hydrogen-bond donors (Lipinski definition) is 0. The van der Waals surface area contributed by atoms with Crippen LogP contribution in [-0.2, 0) is 28.6 Å². The fourth-order valence-electron chi connectivity index (χ4n) is 7.83. The molecule has 6 heteroatoms. The van der Waals surface area contributed by atoms with Crippen LogP contribution in [0.1, 0.15) is 291 Å². The maximum atomic E-state index is 12.8. The highest BCUT2D eigenvalue weighted by atomic mass is 16.6. The molecule has 0 bridgehead atoms. The third-order valence-corrected chi connectivity index (χ3v) is 12.2. The van der Waals surface area contributed by atoms with Crippen molar-refractivity contribution in [3.8, 4) is 0 Å². The summed E-state index contributed by atoms with van der Waals surface area (Å²) in [5.74, 6) is 0.0255. The Balaban J connectivity index is 4.32. The lowest BCUT2D eigenvalue weighted by atomic mass is 9.99. The van der Waals surface area contributed by atoms with E-state index < -0.39 is 6.10 Å². The average Bonchev–Trinajstić information content (AvgIpc) is 3.22. The Morgan fingerprint density at radius 1 is 0.345 bits per heavy atom. The lowest BCUT2D eigenvalue weighted by Crippen LogP contribution is -2.30. The summed E-state index contributed by atoms with van der Waals surface area (Å²) in [5.41, 5.74) is 0. The average molecular weight is 821 g/mol. The molecule has 2 atom stereocenters. The summed E-state index contributed by atoms with van der Waals surface area (Å²) in [4.78, 5) is 37.9. The molecule has 0 aromatic carbocycles. The Labute approximate surface area is 361 Å². The summed E-state index contributed by atoms with van der Waals surface area (Å²) in [6.07, 6.45) is 47.9. The van der Waals surface area contributed by atoms with Gasteiger partial charge in [-0.2, -0.15) is 0 Å². The van der Waals surface area contributed by atoms with E-state index in [1.165, 1.54) is 186 Å². The first-order valence-corrected chi connectivity index (χ1v) is 25.9. The topological polar surface area (TPSA) is 78.9 Å². The zero-order valence-electron chi connectivity index (χ0n) is 39.5. The molecule has 1 unspecified atom stereocenters. The highest BCUT2D eigenvalue weighted by molar-refractivity contribution is 5.71. The summed E-state index contributed by atoms with van der Waals surface area (Å²) in [7, 11) is 0. The van der Waals surface area contributed by atoms with Gasteiger partial charge in [-0.15, -0.1) is 0 Å². The quantitative estimate of drug-likeness (QED) is 0.0346. The molecule has 0 aliphatic rings. The van der Waals surface area contributed by atoms with Gasteiger partial charge in [0.1, 0.15) is 13.2 Å². The van der Waals surface area contributed by atoms with Crippen LogP contribution in [0.4, 0.5) is 0 Å². The van der Waals surface area contributed by atoms with Gasteiger partial charge in [0.25, 0.3) is 0 Å². The fourth-order valence-corrected chi connectivity index (χ4v) is 7.83. The number of ether oxygens (including phenoxy) is 3. The van der Waals surface area contributed by atoms with E-state index in [2.05, 4.69) is 27.7 Å². The molecule has 0 saturated carbocycles. The molecular weight excluding hydrogens is 721 g/mol. The minimum absolute atomic E-state index is 0.0628. The van der Waals surface area contributed by atoms with Gasteiger partial charge in [-0.25, -0.2) is 0 Å². The van der Waals surface area contributed by atoms with Gasteiger partial charge < -0.3 is 14.2 Å². The standard InChI is InChI=1S/C52H100O6/c1-5-8-10-12-14-16-18-20-21-23-29-33-37-41-45-52(55)58-49(46-56-50(53)43-39-35-31-27-22-19-17-15-13-11-9-6-2)47-57-51(54)44-40-36-32-28-25-24-26-30-34-38-42-48(4)7-3/h48-49H,5-47H2,1-4H3/t48?,49-/m0/s1. The summed E-state index contributed by atoms with van der Waals surface area (Å²) < 4.78 is 16.8. The van der Waals surface area contributed by atoms with Crippen molar-refractivity contribution in [1.82, 2.24) is 0 Å². The van der Waals surface area contributed by atoms with Crippen LogP contribution in [0, 0.1) is 5.92 Å². The third-order valence-electron chi connectivity index (χ3n) is 12.2. The number of carbonyl (C=O) groups is 3. The summed E-state index contributed by atoms with van der Waals surface area (Å²) in [6.45, 7) is 9.05. The Morgan fingerprint density at radius 2 is 0.603 bits per heavy atom. The van der Waals surface area contributed by atoms with Gasteiger partial charge in [0.05, 0.1) is 0 Å². The molecule has 0 rings (SSSR count). The molecule has 58 heavy (non-hydrogen) atoms. The first-order chi connectivity index (χ1) is 28.4. The smallest absolute Gasteiger partial charge is 0.306 e.